The molecule has 0 bridgehead atoms. The van der Waals surface area contributed by atoms with E-state index in [0.29, 0.717) is 6.54 Å². The molecule has 1 heterocycles. The standard InChI is InChI=1S/C14H18N2OS/c1-9-4-5-12(17-3)11(8-9)14-10(2)16-13(18-14)6-7-15/h4-5,8H,6-7,15H2,1-3H3. The third-order valence-electron chi connectivity index (χ3n) is 2.80. The largest absolute Gasteiger partial charge is 0.496 e. The normalized spacial score (nSPS) is 10.7. The van der Waals surface area contributed by atoms with Crippen LogP contribution < -0.4 is 10.5 Å². The molecule has 2 aromatic rings. The van der Waals surface area contributed by atoms with Crippen LogP contribution in [0, 0.1) is 13.8 Å². The topological polar surface area (TPSA) is 48.1 Å². The molecule has 0 spiro atoms. The first-order chi connectivity index (χ1) is 8.65. The molecule has 1 aromatic carbocycles. The van der Waals surface area contributed by atoms with Gasteiger partial charge in [-0.1, -0.05) is 11.6 Å². The number of hydrogen-bond acceptors (Lipinski definition) is 4. The molecule has 0 amide bonds. The lowest BCUT2D eigenvalue weighted by Crippen LogP contribution is -2.01. The molecule has 2 N–H and O–H groups in total. The van der Waals surface area contributed by atoms with Gasteiger partial charge in [0, 0.05) is 12.0 Å². The molecule has 0 aliphatic rings. The van der Waals surface area contributed by atoms with Gasteiger partial charge in [-0.05, 0) is 32.5 Å². The fourth-order valence-corrected chi connectivity index (χ4v) is 3.03. The van der Waals surface area contributed by atoms with E-state index in [9.17, 15) is 0 Å². The van der Waals surface area contributed by atoms with Crippen molar-refractivity contribution >= 4 is 11.3 Å². The van der Waals surface area contributed by atoms with Crippen LogP contribution >= 0.6 is 11.3 Å². The summed E-state index contributed by atoms with van der Waals surface area (Å²) < 4.78 is 5.43. The zero-order chi connectivity index (χ0) is 13.1. The van der Waals surface area contributed by atoms with Crippen molar-refractivity contribution in [2.75, 3.05) is 13.7 Å². The smallest absolute Gasteiger partial charge is 0.127 e. The minimum Gasteiger partial charge on any atom is -0.496 e. The first kappa shape index (κ1) is 13.1. The molecule has 0 radical (unpaired) electrons. The van der Waals surface area contributed by atoms with E-state index in [0.717, 1.165) is 28.4 Å². The number of nitrogens with two attached hydrogens (primary N) is 1. The molecule has 0 saturated carbocycles. The summed E-state index contributed by atoms with van der Waals surface area (Å²) in [6, 6.07) is 6.21. The van der Waals surface area contributed by atoms with Gasteiger partial charge in [-0.15, -0.1) is 11.3 Å². The molecule has 0 aliphatic heterocycles. The van der Waals surface area contributed by atoms with Gasteiger partial charge in [-0.25, -0.2) is 4.98 Å². The number of aromatic nitrogens is 1. The van der Waals surface area contributed by atoms with E-state index in [-0.39, 0.29) is 0 Å². The third kappa shape index (κ3) is 2.54. The van der Waals surface area contributed by atoms with Gasteiger partial charge in [0.05, 0.1) is 22.7 Å². The average molecular weight is 262 g/mol. The van der Waals surface area contributed by atoms with Crippen LogP contribution in [0.3, 0.4) is 0 Å². The first-order valence-corrected chi connectivity index (χ1v) is 6.78. The molecule has 0 saturated heterocycles. The minimum atomic E-state index is 0.636. The van der Waals surface area contributed by atoms with Crippen molar-refractivity contribution in [1.29, 1.82) is 0 Å². The Labute approximate surface area is 112 Å². The highest BCUT2D eigenvalue weighted by molar-refractivity contribution is 7.15. The van der Waals surface area contributed by atoms with Gasteiger partial charge >= 0.3 is 0 Å². The Morgan fingerprint density at radius 2 is 2.11 bits per heavy atom. The Hall–Kier alpha value is -1.39. The van der Waals surface area contributed by atoms with E-state index in [1.807, 2.05) is 13.0 Å². The van der Waals surface area contributed by atoms with Gasteiger partial charge in [0.15, 0.2) is 0 Å². The van der Waals surface area contributed by atoms with Crippen molar-refractivity contribution in [3.63, 3.8) is 0 Å². The summed E-state index contributed by atoms with van der Waals surface area (Å²) in [7, 11) is 1.70. The Balaban J connectivity index is 2.50. The number of rotatable bonds is 4. The summed E-state index contributed by atoms with van der Waals surface area (Å²) in [5.41, 5.74) is 8.97. The van der Waals surface area contributed by atoms with Crippen LogP contribution in [0.25, 0.3) is 10.4 Å². The van der Waals surface area contributed by atoms with Crippen molar-refractivity contribution in [2.45, 2.75) is 20.3 Å². The van der Waals surface area contributed by atoms with Gasteiger partial charge in [-0.3, -0.25) is 0 Å². The number of thiazole rings is 1. The van der Waals surface area contributed by atoms with Gasteiger partial charge < -0.3 is 10.5 Å². The number of ether oxygens (including phenoxy) is 1. The van der Waals surface area contributed by atoms with Crippen molar-refractivity contribution in [2.24, 2.45) is 5.73 Å². The summed E-state index contributed by atoms with van der Waals surface area (Å²) in [5.74, 6) is 0.895. The molecule has 96 valence electrons. The summed E-state index contributed by atoms with van der Waals surface area (Å²) in [5, 5.41) is 1.09. The predicted octanol–water partition coefficient (Wildman–Crippen LogP) is 2.94. The van der Waals surface area contributed by atoms with E-state index in [1.165, 1.54) is 10.4 Å². The Bertz CT molecular complexity index is 549. The maximum absolute atomic E-state index is 5.58. The predicted molar refractivity (Wildman–Crippen MR) is 76.3 cm³/mol. The van der Waals surface area contributed by atoms with Crippen molar-refractivity contribution in [1.82, 2.24) is 4.98 Å². The quantitative estimate of drug-likeness (QED) is 0.921. The van der Waals surface area contributed by atoms with Gasteiger partial charge in [0.25, 0.3) is 0 Å². The molecule has 0 fully saturated rings. The highest BCUT2D eigenvalue weighted by atomic mass is 32.1. The molecule has 4 heteroatoms. The lowest BCUT2D eigenvalue weighted by atomic mass is 10.1. The molecule has 1 aromatic heterocycles. The second-order valence-corrected chi connectivity index (χ2v) is 5.35. The van der Waals surface area contributed by atoms with Crippen LogP contribution in [0.15, 0.2) is 18.2 Å². The van der Waals surface area contributed by atoms with Crippen molar-refractivity contribution in [3.05, 3.63) is 34.5 Å². The molecular weight excluding hydrogens is 244 g/mol. The van der Waals surface area contributed by atoms with E-state index < -0.39 is 0 Å². The zero-order valence-corrected chi connectivity index (χ0v) is 11.8. The Morgan fingerprint density at radius 1 is 1.33 bits per heavy atom. The lowest BCUT2D eigenvalue weighted by molar-refractivity contribution is 0.416. The number of methoxy groups -OCH3 is 1. The Kier molecular flexibility index (Phi) is 3.99. The first-order valence-electron chi connectivity index (χ1n) is 5.97. The number of hydrogen-bond donors (Lipinski definition) is 1. The molecule has 0 aliphatic carbocycles. The second-order valence-electron chi connectivity index (χ2n) is 4.26. The molecule has 3 nitrogen and oxygen atoms in total. The van der Waals surface area contributed by atoms with Crippen LogP contribution in [-0.2, 0) is 6.42 Å². The van der Waals surface area contributed by atoms with Crippen molar-refractivity contribution in [3.8, 4) is 16.2 Å². The minimum absolute atomic E-state index is 0.636. The number of benzene rings is 1. The lowest BCUT2D eigenvalue weighted by Gasteiger charge is -2.08. The molecule has 2 rings (SSSR count). The third-order valence-corrected chi connectivity index (χ3v) is 4.05. The highest BCUT2D eigenvalue weighted by Crippen LogP contribution is 2.37. The fraction of sp³-hybridized carbons (Fsp3) is 0.357. The maximum Gasteiger partial charge on any atom is 0.127 e. The summed E-state index contributed by atoms with van der Waals surface area (Å²) in [4.78, 5) is 5.74. The van der Waals surface area contributed by atoms with Crippen LogP contribution in [0.2, 0.25) is 0 Å². The molecular formula is C14H18N2OS. The van der Waals surface area contributed by atoms with Crippen molar-refractivity contribution < 1.29 is 4.74 Å². The van der Waals surface area contributed by atoms with Gasteiger partial charge in [0.2, 0.25) is 0 Å². The van der Waals surface area contributed by atoms with E-state index in [1.54, 1.807) is 18.4 Å². The van der Waals surface area contributed by atoms with Crippen LogP contribution in [0.4, 0.5) is 0 Å². The van der Waals surface area contributed by atoms with Gasteiger partial charge in [-0.2, -0.15) is 0 Å². The number of aryl methyl sites for hydroxylation is 2. The zero-order valence-electron chi connectivity index (χ0n) is 11.0. The molecule has 18 heavy (non-hydrogen) atoms. The summed E-state index contributed by atoms with van der Waals surface area (Å²) >= 11 is 1.70. The van der Waals surface area contributed by atoms with E-state index in [4.69, 9.17) is 10.5 Å². The van der Waals surface area contributed by atoms with E-state index >= 15 is 0 Å². The summed E-state index contributed by atoms with van der Waals surface area (Å²) in [6.45, 7) is 4.76. The molecule has 0 atom stereocenters. The Morgan fingerprint density at radius 3 is 2.78 bits per heavy atom. The van der Waals surface area contributed by atoms with Crippen LogP contribution in [0.1, 0.15) is 16.3 Å². The molecule has 0 unspecified atom stereocenters. The average Bonchev–Trinajstić information content (AvgIpc) is 2.70. The SMILES string of the molecule is COc1ccc(C)cc1-c1sc(CCN)nc1C. The second kappa shape index (κ2) is 5.50. The summed E-state index contributed by atoms with van der Waals surface area (Å²) in [6.07, 6.45) is 0.833. The van der Waals surface area contributed by atoms with Crippen LogP contribution in [-0.4, -0.2) is 18.6 Å². The maximum atomic E-state index is 5.58. The fourth-order valence-electron chi connectivity index (χ4n) is 1.93. The van der Waals surface area contributed by atoms with Crippen LogP contribution in [0.5, 0.6) is 5.75 Å². The van der Waals surface area contributed by atoms with Gasteiger partial charge in [0.1, 0.15) is 5.75 Å². The van der Waals surface area contributed by atoms with E-state index in [2.05, 4.69) is 24.0 Å². The number of nitrogens with zero attached hydrogens (tertiary/aromatic N) is 1. The highest BCUT2D eigenvalue weighted by Gasteiger charge is 2.13. The monoisotopic (exact) mass is 262 g/mol.